The monoisotopic (exact) mass is 226 g/mol. The van der Waals surface area contributed by atoms with E-state index in [-0.39, 0.29) is 5.75 Å². The first-order valence-electron chi connectivity index (χ1n) is 5.28. The lowest BCUT2D eigenvalue weighted by Gasteiger charge is -2.10. The molecule has 0 aliphatic carbocycles. The molecule has 0 N–H and O–H groups in total. The molecule has 0 aliphatic rings. The van der Waals surface area contributed by atoms with E-state index in [9.17, 15) is 8.42 Å². The summed E-state index contributed by atoms with van der Waals surface area (Å²) < 4.78 is 23.6. The molecule has 0 heterocycles. The Morgan fingerprint density at radius 1 is 1.20 bits per heavy atom. The Balaban J connectivity index is 3.18. The summed E-state index contributed by atoms with van der Waals surface area (Å²) in [6.07, 6.45) is 0.815. The molecule has 1 aromatic carbocycles. The van der Waals surface area contributed by atoms with E-state index in [2.05, 4.69) is 13.8 Å². The SMILES string of the molecule is CCS(=O)(=O)c1ccccc1CC(C)C. The van der Waals surface area contributed by atoms with E-state index in [1.54, 1.807) is 19.1 Å². The van der Waals surface area contributed by atoms with Gasteiger partial charge in [-0.05, 0) is 24.0 Å². The van der Waals surface area contributed by atoms with Gasteiger partial charge in [-0.3, -0.25) is 0 Å². The molecule has 0 amide bonds. The van der Waals surface area contributed by atoms with Crippen LogP contribution in [0.1, 0.15) is 26.3 Å². The maximum atomic E-state index is 11.8. The summed E-state index contributed by atoms with van der Waals surface area (Å²) in [6.45, 7) is 5.87. The summed E-state index contributed by atoms with van der Waals surface area (Å²) in [7, 11) is -3.07. The van der Waals surface area contributed by atoms with Crippen molar-refractivity contribution in [2.24, 2.45) is 5.92 Å². The molecule has 0 aliphatic heterocycles. The van der Waals surface area contributed by atoms with Crippen molar-refractivity contribution < 1.29 is 8.42 Å². The van der Waals surface area contributed by atoms with Crippen LogP contribution in [0.5, 0.6) is 0 Å². The molecule has 0 bridgehead atoms. The molecule has 0 saturated carbocycles. The highest BCUT2D eigenvalue weighted by Crippen LogP contribution is 2.19. The number of hydrogen-bond acceptors (Lipinski definition) is 2. The highest BCUT2D eigenvalue weighted by Gasteiger charge is 2.15. The number of benzene rings is 1. The van der Waals surface area contributed by atoms with Crippen LogP contribution >= 0.6 is 0 Å². The van der Waals surface area contributed by atoms with E-state index in [0.717, 1.165) is 12.0 Å². The van der Waals surface area contributed by atoms with Gasteiger partial charge in [-0.25, -0.2) is 8.42 Å². The topological polar surface area (TPSA) is 34.1 Å². The number of rotatable bonds is 4. The van der Waals surface area contributed by atoms with Crippen molar-refractivity contribution >= 4 is 9.84 Å². The standard InChI is InChI=1S/C12H18O2S/c1-4-15(13,14)12-8-6-5-7-11(12)9-10(2)3/h5-8,10H,4,9H2,1-3H3. The lowest BCUT2D eigenvalue weighted by Crippen LogP contribution is -2.08. The molecule has 1 aromatic rings. The molecule has 0 atom stereocenters. The van der Waals surface area contributed by atoms with Crippen molar-refractivity contribution in [1.29, 1.82) is 0 Å². The fraction of sp³-hybridized carbons (Fsp3) is 0.500. The first-order valence-corrected chi connectivity index (χ1v) is 6.93. The summed E-state index contributed by atoms with van der Waals surface area (Å²) in [5.74, 6) is 0.639. The normalized spacial score (nSPS) is 12.0. The first kappa shape index (κ1) is 12.2. The molecule has 0 saturated heterocycles. The van der Waals surface area contributed by atoms with Crippen LogP contribution < -0.4 is 0 Å². The van der Waals surface area contributed by atoms with E-state index >= 15 is 0 Å². The zero-order chi connectivity index (χ0) is 11.5. The fourth-order valence-corrected chi connectivity index (χ4v) is 2.72. The van der Waals surface area contributed by atoms with Crippen LogP contribution in [0.15, 0.2) is 29.2 Å². The van der Waals surface area contributed by atoms with Gasteiger partial charge in [0.1, 0.15) is 0 Å². The highest BCUT2D eigenvalue weighted by atomic mass is 32.2. The molecule has 0 aromatic heterocycles. The molecular weight excluding hydrogens is 208 g/mol. The van der Waals surface area contributed by atoms with E-state index in [4.69, 9.17) is 0 Å². The second-order valence-corrected chi connectivity index (χ2v) is 6.36. The summed E-state index contributed by atoms with van der Waals surface area (Å²) in [5.41, 5.74) is 0.939. The minimum atomic E-state index is -3.07. The summed E-state index contributed by atoms with van der Waals surface area (Å²) in [6, 6.07) is 7.29. The van der Waals surface area contributed by atoms with Crippen molar-refractivity contribution in [3.63, 3.8) is 0 Å². The minimum absolute atomic E-state index is 0.169. The number of hydrogen-bond donors (Lipinski definition) is 0. The van der Waals surface area contributed by atoms with Crippen molar-refractivity contribution in [1.82, 2.24) is 0 Å². The van der Waals surface area contributed by atoms with Gasteiger partial charge in [0.2, 0.25) is 0 Å². The second-order valence-electron chi connectivity index (χ2n) is 4.11. The van der Waals surface area contributed by atoms with Gasteiger partial charge in [0, 0.05) is 0 Å². The zero-order valence-corrected chi connectivity index (χ0v) is 10.3. The lowest BCUT2D eigenvalue weighted by molar-refractivity contribution is 0.591. The fourth-order valence-electron chi connectivity index (χ4n) is 1.57. The van der Waals surface area contributed by atoms with Gasteiger partial charge in [0.15, 0.2) is 9.84 Å². The van der Waals surface area contributed by atoms with Gasteiger partial charge in [0.25, 0.3) is 0 Å². The maximum absolute atomic E-state index is 11.8. The third kappa shape index (κ3) is 3.06. The van der Waals surface area contributed by atoms with E-state index in [1.807, 2.05) is 12.1 Å². The van der Waals surface area contributed by atoms with Crippen LogP contribution in [-0.4, -0.2) is 14.2 Å². The minimum Gasteiger partial charge on any atom is -0.224 e. The van der Waals surface area contributed by atoms with E-state index < -0.39 is 9.84 Å². The van der Waals surface area contributed by atoms with Crippen molar-refractivity contribution in [2.75, 3.05) is 5.75 Å². The molecule has 15 heavy (non-hydrogen) atoms. The van der Waals surface area contributed by atoms with Crippen LogP contribution in [0.3, 0.4) is 0 Å². The molecule has 3 heteroatoms. The predicted octanol–water partition coefficient (Wildman–Crippen LogP) is 2.68. The van der Waals surface area contributed by atoms with Crippen molar-refractivity contribution in [3.05, 3.63) is 29.8 Å². The Labute approximate surface area is 92.2 Å². The van der Waals surface area contributed by atoms with E-state index in [1.165, 1.54) is 0 Å². The molecule has 0 unspecified atom stereocenters. The number of sulfone groups is 1. The van der Waals surface area contributed by atoms with Crippen LogP contribution in [0.4, 0.5) is 0 Å². The molecular formula is C12H18O2S. The van der Waals surface area contributed by atoms with Gasteiger partial charge in [0.05, 0.1) is 10.6 Å². The first-order chi connectivity index (χ1) is 6.97. The Morgan fingerprint density at radius 3 is 2.33 bits per heavy atom. The summed E-state index contributed by atoms with van der Waals surface area (Å²) in [5, 5.41) is 0. The third-order valence-corrected chi connectivity index (χ3v) is 4.14. The quantitative estimate of drug-likeness (QED) is 0.791. The molecule has 2 nitrogen and oxygen atoms in total. The van der Waals surface area contributed by atoms with Crippen LogP contribution in [0.25, 0.3) is 0 Å². The summed E-state index contributed by atoms with van der Waals surface area (Å²) in [4.78, 5) is 0.501. The van der Waals surface area contributed by atoms with Crippen LogP contribution in [0, 0.1) is 5.92 Å². The highest BCUT2D eigenvalue weighted by molar-refractivity contribution is 7.91. The molecule has 0 radical (unpaired) electrons. The molecule has 1 rings (SSSR count). The molecule has 0 spiro atoms. The van der Waals surface area contributed by atoms with Gasteiger partial charge in [-0.1, -0.05) is 39.0 Å². The van der Waals surface area contributed by atoms with Gasteiger partial charge >= 0.3 is 0 Å². The Kier molecular flexibility index (Phi) is 3.91. The maximum Gasteiger partial charge on any atom is 0.178 e. The zero-order valence-electron chi connectivity index (χ0n) is 9.53. The van der Waals surface area contributed by atoms with Crippen molar-refractivity contribution in [2.45, 2.75) is 32.1 Å². The summed E-state index contributed by atoms with van der Waals surface area (Å²) >= 11 is 0. The smallest absolute Gasteiger partial charge is 0.178 e. The lowest BCUT2D eigenvalue weighted by atomic mass is 10.0. The second kappa shape index (κ2) is 4.79. The van der Waals surface area contributed by atoms with Crippen molar-refractivity contribution in [3.8, 4) is 0 Å². The van der Waals surface area contributed by atoms with Crippen LogP contribution in [0.2, 0.25) is 0 Å². The van der Waals surface area contributed by atoms with Gasteiger partial charge in [-0.15, -0.1) is 0 Å². The van der Waals surface area contributed by atoms with Gasteiger partial charge < -0.3 is 0 Å². The van der Waals surface area contributed by atoms with Crippen LogP contribution in [-0.2, 0) is 16.3 Å². The van der Waals surface area contributed by atoms with E-state index in [0.29, 0.717) is 10.8 Å². The molecule has 84 valence electrons. The predicted molar refractivity (Wildman–Crippen MR) is 62.7 cm³/mol. The Hall–Kier alpha value is -0.830. The average Bonchev–Trinajstić information content (AvgIpc) is 2.17. The average molecular weight is 226 g/mol. The third-order valence-electron chi connectivity index (χ3n) is 2.32. The largest absolute Gasteiger partial charge is 0.224 e. The molecule has 0 fully saturated rings. The Morgan fingerprint density at radius 2 is 1.80 bits per heavy atom. The Bertz CT molecular complexity index is 419. The van der Waals surface area contributed by atoms with Gasteiger partial charge in [-0.2, -0.15) is 0 Å².